The van der Waals surface area contributed by atoms with Crippen molar-refractivity contribution in [1.29, 1.82) is 0 Å². The lowest BCUT2D eigenvalue weighted by atomic mass is 10.0. The molecule has 0 saturated heterocycles. The molecule has 21 heavy (non-hydrogen) atoms. The van der Waals surface area contributed by atoms with Crippen LogP contribution in [0.5, 0.6) is 0 Å². The Morgan fingerprint density at radius 3 is 2.67 bits per heavy atom. The number of hydrogen-bond donors (Lipinski definition) is 1. The molecule has 0 amide bonds. The van der Waals surface area contributed by atoms with Gasteiger partial charge in [0.05, 0.1) is 0 Å². The molecule has 2 aromatic rings. The van der Waals surface area contributed by atoms with Gasteiger partial charge in [-0.15, -0.1) is 0 Å². The van der Waals surface area contributed by atoms with E-state index in [0.29, 0.717) is 23.5 Å². The Kier molecular flexibility index (Phi) is 2.98. The third kappa shape index (κ3) is 2.43. The Labute approximate surface area is 124 Å². The molecule has 2 N–H and O–H groups in total. The van der Waals surface area contributed by atoms with E-state index in [1.54, 1.807) is 0 Å². The lowest BCUT2D eigenvalue weighted by Gasteiger charge is -2.10. The van der Waals surface area contributed by atoms with Gasteiger partial charge in [-0.2, -0.15) is 0 Å². The summed E-state index contributed by atoms with van der Waals surface area (Å²) in [6.07, 6.45) is 6.21. The zero-order valence-electron chi connectivity index (χ0n) is 12.4. The van der Waals surface area contributed by atoms with Gasteiger partial charge >= 0.3 is 0 Å². The Morgan fingerprint density at radius 2 is 1.95 bits per heavy atom. The highest BCUT2D eigenvalue weighted by molar-refractivity contribution is 5.51. The molecule has 0 aromatic carbocycles. The van der Waals surface area contributed by atoms with Crippen LogP contribution in [0.3, 0.4) is 0 Å². The maximum Gasteiger partial charge on any atom is 0.197 e. The molecule has 2 fully saturated rings. The van der Waals surface area contributed by atoms with E-state index in [0.717, 1.165) is 23.1 Å². The van der Waals surface area contributed by atoms with Crippen LogP contribution < -0.4 is 5.73 Å². The van der Waals surface area contributed by atoms with Crippen molar-refractivity contribution in [2.45, 2.75) is 50.9 Å². The standard InChI is InChI=1S/C17H21N3O/c1-10-8-12(10)14-6-7-15(21-14)17-19-13(9-16(18)20-17)11-4-2-3-5-11/h6-7,9-12H,2-5,8H2,1H3,(H2,18,19,20). The van der Waals surface area contributed by atoms with E-state index >= 15 is 0 Å². The Balaban J connectivity index is 1.65. The second-order valence-electron chi connectivity index (χ2n) is 6.54. The molecule has 2 saturated carbocycles. The molecule has 2 aromatic heterocycles. The first-order chi connectivity index (χ1) is 10.2. The van der Waals surface area contributed by atoms with Crippen LogP contribution in [-0.2, 0) is 0 Å². The first-order valence-corrected chi connectivity index (χ1v) is 7.95. The summed E-state index contributed by atoms with van der Waals surface area (Å²) >= 11 is 0. The number of nitrogens with two attached hydrogens (primary N) is 1. The predicted molar refractivity (Wildman–Crippen MR) is 81.9 cm³/mol. The summed E-state index contributed by atoms with van der Waals surface area (Å²) in [5, 5.41) is 0. The van der Waals surface area contributed by atoms with Gasteiger partial charge in [0, 0.05) is 23.6 Å². The van der Waals surface area contributed by atoms with Crippen molar-refractivity contribution in [2.24, 2.45) is 5.92 Å². The molecular weight excluding hydrogens is 262 g/mol. The number of aromatic nitrogens is 2. The van der Waals surface area contributed by atoms with Crippen molar-refractivity contribution in [3.63, 3.8) is 0 Å². The van der Waals surface area contributed by atoms with Gasteiger partial charge in [0.1, 0.15) is 11.6 Å². The summed E-state index contributed by atoms with van der Waals surface area (Å²) in [6.45, 7) is 2.25. The third-order valence-corrected chi connectivity index (χ3v) is 4.86. The third-order valence-electron chi connectivity index (χ3n) is 4.86. The maximum absolute atomic E-state index is 5.97. The summed E-state index contributed by atoms with van der Waals surface area (Å²) in [4.78, 5) is 9.07. The number of anilines is 1. The molecule has 4 rings (SSSR count). The molecule has 2 aliphatic carbocycles. The summed E-state index contributed by atoms with van der Waals surface area (Å²) in [5.74, 6) is 4.83. The topological polar surface area (TPSA) is 64.9 Å². The quantitative estimate of drug-likeness (QED) is 0.921. The van der Waals surface area contributed by atoms with Crippen LogP contribution in [0.4, 0.5) is 5.82 Å². The second-order valence-corrected chi connectivity index (χ2v) is 6.54. The lowest BCUT2D eigenvalue weighted by Crippen LogP contribution is -2.03. The van der Waals surface area contributed by atoms with Gasteiger partial charge in [-0.05, 0) is 37.3 Å². The van der Waals surface area contributed by atoms with Crippen LogP contribution in [0.2, 0.25) is 0 Å². The van der Waals surface area contributed by atoms with Crippen LogP contribution in [0, 0.1) is 5.92 Å². The van der Waals surface area contributed by atoms with Gasteiger partial charge in [0.15, 0.2) is 11.6 Å². The molecule has 110 valence electrons. The number of nitrogen functional groups attached to an aromatic ring is 1. The highest BCUT2D eigenvalue weighted by atomic mass is 16.3. The summed E-state index contributed by atoms with van der Waals surface area (Å²) in [7, 11) is 0. The van der Waals surface area contributed by atoms with E-state index < -0.39 is 0 Å². The first-order valence-electron chi connectivity index (χ1n) is 7.95. The second kappa shape index (κ2) is 4.86. The summed E-state index contributed by atoms with van der Waals surface area (Å²) < 4.78 is 5.96. The fourth-order valence-corrected chi connectivity index (χ4v) is 3.42. The highest BCUT2D eigenvalue weighted by Crippen LogP contribution is 2.48. The predicted octanol–water partition coefficient (Wildman–Crippen LogP) is 4.10. The van der Waals surface area contributed by atoms with Crippen molar-refractivity contribution in [3.05, 3.63) is 29.7 Å². The Morgan fingerprint density at radius 1 is 1.19 bits per heavy atom. The summed E-state index contributed by atoms with van der Waals surface area (Å²) in [5.41, 5.74) is 7.05. The van der Waals surface area contributed by atoms with Gasteiger partial charge in [-0.3, -0.25) is 0 Å². The van der Waals surface area contributed by atoms with Crippen LogP contribution in [0.1, 0.15) is 62.3 Å². The molecule has 2 heterocycles. The van der Waals surface area contributed by atoms with Crippen molar-refractivity contribution in [1.82, 2.24) is 9.97 Å². The average Bonchev–Trinajstić information content (AvgIpc) is 2.93. The molecule has 0 aliphatic heterocycles. The number of furan rings is 1. The van der Waals surface area contributed by atoms with E-state index in [1.807, 2.05) is 12.1 Å². The van der Waals surface area contributed by atoms with Crippen LogP contribution in [0.25, 0.3) is 11.6 Å². The minimum atomic E-state index is 0.534. The van der Waals surface area contributed by atoms with Gasteiger partial charge in [0.25, 0.3) is 0 Å². The minimum absolute atomic E-state index is 0.534. The van der Waals surface area contributed by atoms with Gasteiger partial charge < -0.3 is 10.2 Å². The largest absolute Gasteiger partial charge is 0.457 e. The molecule has 2 aliphatic rings. The molecule has 0 bridgehead atoms. The summed E-state index contributed by atoms with van der Waals surface area (Å²) in [6, 6.07) is 5.96. The highest BCUT2D eigenvalue weighted by Gasteiger charge is 2.36. The van der Waals surface area contributed by atoms with Crippen molar-refractivity contribution < 1.29 is 4.42 Å². The normalized spacial score (nSPS) is 25.4. The molecule has 0 radical (unpaired) electrons. The van der Waals surface area contributed by atoms with E-state index in [9.17, 15) is 0 Å². The SMILES string of the molecule is CC1CC1c1ccc(-c2nc(N)cc(C3CCCC3)n2)o1. The monoisotopic (exact) mass is 283 g/mol. The zero-order valence-corrected chi connectivity index (χ0v) is 12.4. The molecule has 4 nitrogen and oxygen atoms in total. The number of rotatable bonds is 3. The Bertz CT molecular complexity index is 658. The van der Waals surface area contributed by atoms with Gasteiger partial charge in [-0.25, -0.2) is 9.97 Å². The van der Waals surface area contributed by atoms with Crippen LogP contribution in [-0.4, -0.2) is 9.97 Å². The molecule has 4 heteroatoms. The number of nitrogens with zero attached hydrogens (tertiary/aromatic N) is 2. The first kappa shape index (κ1) is 12.9. The molecule has 2 atom stereocenters. The zero-order chi connectivity index (χ0) is 14.4. The minimum Gasteiger partial charge on any atom is -0.457 e. The van der Waals surface area contributed by atoms with E-state index in [4.69, 9.17) is 15.1 Å². The van der Waals surface area contributed by atoms with E-state index in [-0.39, 0.29) is 0 Å². The average molecular weight is 283 g/mol. The van der Waals surface area contributed by atoms with Crippen LogP contribution >= 0.6 is 0 Å². The molecule has 0 spiro atoms. The molecular formula is C17H21N3O. The fourth-order valence-electron chi connectivity index (χ4n) is 3.42. The van der Waals surface area contributed by atoms with Crippen LogP contribution in [0.15, 0.2) is 22.6 Å². The van der Waals surface area contributed by atoms with Gasteiger partial charge in [0.2, 0.25) is 0 Å². The number of hydrogen-bond acceptors (Lipinski definition) is 4. The maximum atomic E-state index is 5.97. The van der Waals surface area contributed by atoms with E-state index in [1.165, 1.54) is 32.1 Å². The fraction of sp³-hybridized carbons (Fsp3) is 0.529. The van der Waals surface area contributed by atoms with Crippen molar-refractivity contribution in [2.75, 3.05) is 5.73 Å². The Hall–Kier alpha value is -1.84. The van der Waals surface area contributed by atoms with Crippen molar-refractivity contribution >= 4 is 5.82 Å². The van der Waals surface area contributed by atoms with Crippen molar-refractivity contribution in [3.8, 4) is 11.6 Å². The smallest absolute Gasteiger partial charge is 0.197 e. The van der Waals surface area contributed by atoms with E-state index in [2.05, 4.69) is 18.0 Å². The molecule has 2 unspecified atom stereocenters. The lowest BCUT2D eigenvalue weighted by molar-refractivity contribution is 0.514. The van der Waals surface area contributed by atoms with Gasteiger partial charge in [-0.1, -0.05) is 19.8 Å².